The van der Waals surface area contributed by atoms with Crippen molar-refractivity contribution in [3.05, 3.63) is 76.2 Å². The molecular weight excluding hydrogens is 354 g/mol. The molecule has 0 aliphatic carbocycles. The minimum Gasteiger partial charge on any atom is -0.208 e. The summed E-state index contributed by atoms with van der Waals surface area (Å²) in [6.07, 6.45) is 4.58. The second-order valence-corrected chi connectivity index (χ2v) is 8.62. The van der Waals surface area contributed by atoms with Crippen molar-refractivity contribution in [2.45, 2.75) is 25.2 Å². The molecule has 1 aliphatic rings. The first-order valence-electron chi connectivity index (χ1n) is 8.53. The molecule has 1 atom stereocenters. The lowest BCUT2D eigenvalue weighted by Gasteiger charge is -2.23. The largest absolute Gasteiger partial charge is 0.236 e. The predicted molar refractivity (Wildman–Crippen MR) is 104 cm³/mol. The fourth-order valence-electron chi connectivity index (χ4n) is 3.16. The van der Waals surface area contributed by atoms with Crippen LogP contribution in [0.2, 0.25) is 5.02 Å². The Morgan fingerprint density at radius 3 is 2.44 bits per heavy atom. The molecule has 5 heteroatoms. The zero-order valence-corrected chi connectivity index (χ0v) is 15.6. The van der Waals surface area contributed by atoms with Crippen molar-refractivity contribution >= 4 is 27.7 Å². The molecule has 3 rings (SSSR count). The van der Waals surface area contributed by atoms with E-state index in [1.807, 2.05) is 54.6 Å². The van der Waals surface area contributed by atoms with E-state index in [9.17, 15) is 8.42 Å². The Bertz CT molecular complexity index is 817. The van der Waals surface area contributed by atoms with Gasteiger partial charge in [0.15, 0.2) is 0 Å². The molecule has 0 spiro atoms. The van der Waals surface area contributed by atoms with Gasteiger partial charge in [-0.1, -0.05) is 60.5 Å². The van der Waals surface area contributed by atoms with Gasteiger partial charge in [-0.05, 0) is 48.1 Å². The topological polar surface area (TPSA) is 37.4 Å². The number of sulfonamides is 1. The van der Waals surface area contributed by atoms with Crippen molar-refractivity contribution in [1.82, 2.24) is 4.31 Å². The molecular formula is C20H22ClNO2S. The molecule has 1 saturated heterocycles. The second-order valence-electron chi connectivity index (χ2n) is 6.36. The highest BCUT2D eigenvalue weighted by Crippen LogP contribution is 2.29. The average molecular weight is 376 g/mol. The highest BCUT2D eigenvalue weighted by molar-refractivity contribution is 7.92. The molecule has 0 aromatic heterocycles. The van der Waals surface area contributed by atoms with Gasteiger partial charge in [0.1, 0.15) is 0 Å². The average Bonchev–Trinajstić information content (AvgIpc) is 2.89. The molecule has 2 aromatic carbocycles. The summed E-state index contributed by atoms with van der Waals surface area (Å²) in [4.78, 5) is 0. The molecule has 132 valence electrons. The molecule has 1 fully saturated rings. The van der Waals surface area contributed by atoms with Gasteiger partial charge in [0.05, 0.1) is 0 Å². The molecule has 1 aliphatic heterocycles. The molecule has 2 aromatic rings. The monoisotopic (exact) mass is 375 g/mol. The first-order chi connectivity index (χ1) is 12.0. The van der Waals surface area contributed by atoms with Gasteiger partial charge in [-0.2, -0.15) is 4.31 Å². The number of rotatable bonds is 4. The zero-order valence-electron chi connectivity index (χ0n) is 14.0. The summed E-state index contributed by atoms with van der Waals surface area (Å²) in [5.74, 6) is 0.208. The fraction of sp³-hybridized carbons (Fsp3) is 0.300. The summed E-state index contributed by atoms with van der Waals surface area (Å²) in [6, 6.07) is 17.2. The van der Waals surface area contributed by atoms with Crippen LogP contribution in [0.25, 0.3) is 6.08 Å². The minimum atomic E-state index is -3.43. The Hall–Kier alpha value is -1.62. The van der Waals surface area contributed by atoms with E-state index in [-0.39, 0.29) is 5.92 Å². The van der Waals surface area contributed by atoms with Crippen LogP contribution in [0.4, 0.5) is 0 Å². The Morgan fingerprint density at radius 2 is 1.72 bits per heavy atom. The van der Waals surface area contributed by atoms with Crippen LogP contribution in [0.1, 0.15) is 36.3 Å². The standard InChI is InChI=1S/C20H22ClNO2S/c21-20-11-9-18(10-12-20)19-8-4-5-14-22(16-19)25(23,24)15-13-17-6-2-1-3-7-17/h1-3,6-7,9-13,15,19H,4-5,8,14,16H2/b15-13+. The van der Waals surface area contributed by atoms with Crippen LogP contribution in [0.3, 0.4) is 0 Å². The van der Waals surface area contributed by atoms with Crippen LogP contribution in [0.5, 0.6) is 0 Å². The summed E-state index contributed by atoms with van der Waals surface area (Å²) in [5.41, 5.74) is 2.04. The van der Waals surface area contributed by atoms with E-state index >= 15 is 0 Å². The van der Waals surface area contributed by atoms with E-state index < -0.39 is 10.0 Å². The quantitative estimate of drug-likeness (QED) is 0.761. The van der Waals surface area contributed by atoms with E-state index in [1.165, 1.54) is 5.41 Å². The molecule has 0 N–H and O–H groups in total. The second kappa shape index (κ2) is 8.17. The van der Waals surface area contributed by atoms with Gasteiger partial charge in [0.25, 0.3) is 0 Å². The van der Waals surface area contributed by atoms with Crippen LogP contribution in [0, 0.1) is 0 Å². The highest BCUT2D eigenvalue weighted by Gasteiger charge is 2.26. The Morgan fingerprint density at radius 1 is 1.00 bits per heavy atom. The lowest BCUT2D eigenvalue weighted by atomic mass is 9.95. The normalized spacial score (nSPS) is 19.8. The van der Waals surface area contributed by atoms with Crippen LogP contribution >= 0.6 is 11.6 Å². The van der Waals surface area contributed by atoms with Gasteiger partial charge in [-0.15, -0.1) is 0 Å². The summed E-state index contributed by atoms with van der Waals surface area (Å²) >= 11 is 5.97. The molecule has 0 amide bonds. The summed E-state index contributed by atoms with van der Waals surface area (Å²) < 4.78 is 27.1. The number of hydrogen-bond donors (Lipinski definition) is 0. The molecule has 1 heterocycles. The Labute approximate surface area is 155 Å². The fourth-order valence-corrected chi connectivity index (χ4v) is 4.56. The smallest absolute Gasteiger partial charge is 0.208 e. The third-order valence-electron chi connectivity index (χ3n) is 4.57. The molecule has 0 radical (unpaired) electrons. The van der Waals surface area contributed by atoms with Gasteiger partial charge in [-0.25, -0.2) is 8.42 Å². The van der Waals surface area contributed by atoms with E-state index in [0.29, 0.717) is 18.1 Å². The first kappa shape index (κ1) is 18.2. The van der Waals surface area contributed by atoms with Crippen LogP contribution in [-0.4, -0.2) is 25.8 Å². The molecule has 25 heavy (non-hydrogen) atoms. The number of halogens is 1. The Balaban J connectivity index is 1.77. The first-order valence-corrected chi connectivity index (χ1v) is 10.4. The summed E-state index contributed by atoms with van der Waals surface area (Å²) in [6.45, 7) is 1.09. The van der Waals surface area contributed by atoms with Gasteiger partial charge in [0.2, 0.25) is 10.0 Å². The molecule has 0 bridgehead atoms. The van der Waals surface area contributed by atoms with Crippen LogP contribution < -0.4 is 0 Å². The third-order valence-corrected chi connectivity index (χ3v) is 6.35. The van der Waals surface area contributed by atoms with Gasteiger partial charge >= 0.3 is 0 Å². The number of benzene rings is 2. The van der Waals surface area contributed by atoms with E-state index in [0.717, 1.165) is 30.4 Å². The lowest BCUT2D eigenvalue weighted by molar-refractivity contribution is 0.412. The minimum absolute atomic E-state index is 0.208. The third kappa shape index (κ3) is 4.94. The SMILES string of the molecule is O=S(=O)(/C=C/c1ccccc1)N1CCCCC(c2ccc(Cl)cc2)C1. The molecule has 0 saturated carbocycles. The van der Waals surface area contributed by atoms with Crippen LogP contribution in [-0.2, 0) is 10.0 Å². The number of nitrogens with zero attached hydrogens (tertiary/aromatic N) is 1. The molecule has 3 nitrogen and oxygen atoms in total. The van der Waals surface area contributed by atoms with Gasteiger partial charge < -0.3 is 0 Å². The lowest BCUT2D eigenvalue weighted by Crippen LogP contribution is -2.32. The van der Waals surface area contributed by atoms with E-state index in [1.54, 1.807) is 10.4 Å². The van der Waals surface area contributed by atoms with Crippen molar-refractivity contribution in [1.29, 1.82) is 0 Å². The molecule has 1 unspecified atom stereocenters. The van der Waals surface area contributed by atoms with Crippen molar-refractivity contribution < 1.29 is 8.42 Å². The summed E-state index contributed by atoms with van der Waals surface area (Å²) in [7, 11) is -3.43. The van der Waals surface area contributed by atoms with Gasteiger partial charge in [-0.3, -0.25) is 0 Å². The van der Waals surface area contributed by atoms with E-state index in [4.69, 9.17) is 11.6 Å². The van der Waals surface area contributed by atoms with Crippen molar-refractivity contribution in [3.8, 4) is 0 Å². The predicted octanol–water partition coefficient (Wildman–Crippen LogP) is 4.91. The maximum atomic E-state index is 12.8. The summed E-state index contributed by atoms with van der Waals surface area (Å²) in [5, 5.41) is 2.03. The maximum Gasteiger partial charge on any atom is 0.236 e. The number of hydrogen-bond acceptors (Lipinski definition) is 2. The van der Waals surface area contributed by atoms with E-state index in [2.05, 4.69) is 0 Å². The zero-order chi connectivity index (χ0) is 17.7. The van der Waals surface area contributed by atoms with Gasteiger partial charge in [0, 0.05) is 23.5 Å². The highest BCUT2D eigenvalue weighted by atomic mass is 35.5. The Kier molecular flexibility index (Phi) is 5.94. The maximum absolute atomic E-state index is 12.8. The van der Waals surface area contributed by atoms with Crippen molar-refractivity contribution in [3.63, 3.8) is 0 Å². The van der Waals surface area contributed by atoms with Crippen LogP contribution in [0.15, 0.2) is 60.0 Å². The van der Waals surface area contributed by atoms with Crippen molar-refractivity contribution in [2.75, 3.05) is 13.1 Å². The van der Waals surface area contributed by atoms with Crippen molar-refractivity contribution in [2.24, 2.45) is 0 Å².